The average molecular weight is 328 g/mol. The lowest BCUT2D eigenvalue weighted by Crippen LogP contribution is -2.55. The van der Waals surface area contributed by atoms with E-state index in [2.05, 4.69) is 5.32 Å². The Bertz CT molecular complexity index is 529. The number of nitrogens with one attached hydrogen (secondary N) is 1. The molecule has 1 N–H and O–H groups in total. The maximum absolute atomic E-state index is 12.5. The molecular formula is C16H22ClNO4. The number of benzene rings is 1. The van der Waals surface area contributed by atoms with E-state index in [9.17, 15) is 9.59 Å². The maximum Gasteiger partial charge on any atom is 0.331 e. The molecule has 0 radical (unpaired) electrons. The molecule has 0 aliphatic rings. The maximum atomic E-state index is 12.5. The summed E-state index contributed by atoms with van der Waals surface area (Å²) in [6.45, 7) is 3.63. The lowest BCUT2D eigenvalue weighted by Gasteiger charge is -2.30. The molecule has 0 saturated carbocycles. The molecule has 1 aromatic carbocycles. The fourth-order valence-electron chi connectivity index (χ4n) is 2.28. The molecule has 22 heavy (non-hydrogen) atoms. The van der Waals surface area contributed by atoms with E-state index in [-0.39, 0.29) is 0 Å². The third-order valence-electron chi connectivity index (χ3n) is 3.79. The molecule has 0 saturated heterocycles. The Kier molecular flexibility index (Phi) is 6.68. The largest absolute Gasteiger partial charge is 0.496 e. The van der Waals surface area contributed by atoms with Crippen molar-refractivity contribution < 1.29 is 19.1 Å². The molecule has 0 aromatic heterocycles. The molecule has 0 aliphatic carbocycles. The Hall–Kier alpha value is -1.75. The molecule has 1 rings (SSSR count). The minimum absolute atomic E-state index is 0.414. The summed E-state index contributed by atoms with van der Waals surface area (Å²) in [5.41, 5.74) is -0.517. The van der Waals surface area contributed by atoms with Gasteiger partial charge >= 0.3 is 5.97 Å². The number of methoxy groups -OCH3 is 2. The van der Waals surface area contributed by atoms with E-state index in [1.807, 2.05) is 13.8 Å². The first-order valence-corrected chi connectivity index (χ1v) is 7.56. The van der Waals surface area contributed by atoms with Gasteiger partial charge in [-0.3, -0.25) is 4.79 Å². The van der Waals surface area contributed by atoms with Gasteiger partial charge in [0.2, 0.25) is 5.91 Å². The fourth-order valence-corrected chi connectivity index (χ4v) is 2.51. The van der Waals surface area contributed by atoms with Crippen molar-refractivity contribution in [3.05, 3.63) is 29.8 Å². The number of alkyl halides is 1. The van der Waals surface area contributed by atoms with Gasteiger partial charge in [-0.15, -0.1) is 11.6 Å². The van der Waals surface area contributed by atoms with Crippen LogP contribution in [-0.4, -0.2) is 31.6 Å². The highest BCUT2D eigenvalue weighted by Gasteiger charge is 2.39. The van der Waals surface area contributed by atoms with Gasteiger partial charge in [-0.05, 0) is 18.9 Å². The SMILES string of the molecule is CCC(CC)(NC(=O)C(Cl)c1ccccc1OC)C(=O)OC. The smallest absolute Gasteiger partial charge is 0.331 e. The molecule has 1 unspecified atom stereocenters. The van der Waals surface area contributed by atoms with Gasteiger partial charge in [0.25, 0.3) is 0 Å². The number of ether oxygens (including phenoxy) is 2. The second kappa shape index (κ2) is 8.03. The molecule has 0 aliphatic heterocycles. The number of esters is 1. The highest BCUT2D eigenvalue weighted by atomic mass is 35.5. The normalized spacial score (nSPS) is 12.4. The van der Waals surface area contributed by atoms with Gasteiger partial charge in [0.15, 0.2) is 0 Å². The third-order valence-corrected chi connectivity index (χ3v) is 4.22. The van der Waals surface area contributed by atoms with E-state index < -0.39 is 22.8 Å². The first-order valence-electron chi connectivity index (χ1n) is 7.13. The number of amides is 1. The van der Waals surface area contributed by atoms with E-state index >= 15 is 0 Å². The summed E-state index contributed by atoms with van der Waals surface area (Å²) in [4.78, 5) is 24.5. The van der Waals surface area contributed by atoms with E-state index in [0.29, 0.717) is 24.2 Å². The minimum Gasteiger partial charge on any atom is -0.496 e. The molecular weight excluding hydrogens is 306 g/mol. The van der Waals surface area contributed by atoms with Gasteiger partial charge in [-0.1, -0.05) is 32.0 Å². The zero-order chi connectivity index (χ0) is 16.8. The first kappa shape index (κ1) is 18.3. The fraction of sp³-hybridized carbons (Fsp3) is 0.500. The van der Waals surface area contributed by atoms with Crippen LogP contribution in [0.5, 0.6) is 5.75 Å². The highest BCUT2D eigenvalue weighted by Crippen LogP contribution is 2.30. The number of carbonyl (C=O) groups excluding carboxylic acids is 2. The standard InChI is InChI=1S/C16H22ClNO4/c1-5-16(6-2,15(20)22-4)18-14(19)13(17)11-9-7-8-10-12(11)21-3/h7-10,13H,5-6H2,1-4H3,(H,18,19). The Morgan fingerprint density at radius 2 is 1.82 bits per heavy atom. The van der Waals surface area contributed by atoms with Crippen LogP contribution in [0.25, 0.3) is 0 Å². The highest BCUT2D eigenvalue weighted by molar-refractivity contribution is 6.31. The predicted molar refractivity (Wildman–Crippen MR) is 85.1 cm³/mol. The van der Waals surface area contributed by atoms with Crippen LogP contribution in [0.1, 0.15) is 37.6 Å². The third kappa shape index (κ3) is 3.71. The number of para-hydroxylation sites is 1. The predicted octanol–water partition coefficient (Wildman–Crippen LogP) is 2.82. The quantitative estimate of drug-likeness (QED) is 0.618. The number of rotatable bonds is 7. The molecule has 5 nitrogen and oxygen atoms in total. The summed E-state index contributed by atoms with van der Waals surface area (Å²) in [7, 11) is 2.81. The number of halogens is 1. The molecule has 122 valence electrons. The molecule has 1 aromatic rings. The topological polar surface area (TPSA) is 64.6 Å². The average Bonchev–Trinajstić information content (AvgIpc) is 2.58. The summed E-state index contributed by atoms with van der Waals surface area (Å²) in [5.74, 6) is -0.413. The molecule has 1 atom stereocenters. The molecule has 0 fully saturated rings. The number of hydrogen-bond donors (Lipinski definition) is 1. The van der Waals surface area contributed by atoms with Gasteiger partial charge in [-0.25, -0.2) is 4.79 Å². The van der Waals surface area contributed by atoms with Crippen molar-refractivity contribution in [1.82, 2.24) is 5.32 Å². The van der Waals surface area contributed by atoms with Crippen LogP contribution < -0.4 is 10.1 Å². The lowest BCUT2D eigenvalue weighted by atomic mass is 9.92. The van der Waals surface area contributed by atoms with Gasteiger partial charge in [0.05, 0.1) is 14.2 Å². The van der Waals surface area contributed by atoms with Crippen molar-refractivity contribution in [2.24, 2.45) is 0 Å². The van der Waals surface area contributed by atoms with Crippen molar-refractivity contribution in [1.29, 1.82) is 0 Å². The van der Waals surface area contributed by atoms with Crippen LogP contribution in [0.4, 0.5) is 0 Å². The van der Waals surface area contributed by atoms with Crippen molar-refractivity contribution in [3.8, 4) is 5.75 Å². The zero-order valence-corrected chi connectivity index (χ0v) is 14.1. The van der Waals surface area contributed by atoms with Gasteiger partial charge in [-0.2, -0.15) is 0 Å². The molecule has 0 spiro atoms. The lowest BCUT2D eigenvalue weighted by molar-refractivity contribution is -0.151. The van der Waals surface area contributed by atoms with E-state index in [1.165, 1.54) is 14.2 Å². The van der Waals surface area contributed by atoms with Crippen molar-refractivity contribution in [2.45, 2.75) is 37.6 Å². The monoisotopic (exact) mass is 327 g/mol. The molecule has 0 bridgehead atoms. The van der Waals surface area contributed by atoms with Crippen LogP contribution in [0.2, 0.25) is 0 Å². The van der Waals surface area contributed by atoms with E-state index in [4.69, 9.17) is 21.1 Å². The Labute approximate surface area is 135 Å². The zero-order valence-electron chi connectivity index (χ0n) is 13.3. The van der Waals surface area contributed by atoms with E-state index in [1.54, 1.807) is 24.3 Å². The van der Waals surface area contributed by atoms with Gasteiger partial charge in [0, 0.05) is 5.56 Å². The van der Waals surface area contributed by atoms with Crippen LogP contribution in [0.15, 0.2) is 24.3 Å². The summed E-state index contributed by atoms with van der Waals surface area (Å²) in [6.07, 6.45) is 0.828. The Balaban J connectivity index is 3.02. The van der Waals surface area contributed by atoms with Crippen LogP contribution in [0.3, 0.4) is 0 Å². The van der Waals surface area contributed by atoms with E-state index in [0.717, 1.165) is 0 Å². The molecule has 1 amide bonds. The summed E-state index contributed by atoms with van der Waals surface area (Å²) in [5, 5.41) is 1.77. The second-order valence-electron chi connectivity index (χ2n) is 4.87. The second-order valence-corrected chi connectivity index (χ2v) is 5.31. The Morgan fingerprint density at radius 1 is 1.23 bits per heavy atom. The van der Waals surface area contributed by atoms with Gasteiger partial charge in [0.1, 0.15) is 16.7 Å². The van der Waals surface area contributed by atoms with Crippen LogP contribution >= 0.6 is 11.6 Å². The first-order chi connectivity index (χ1) is 10.5. The van der Waals surface area contributed by atoms with Crippen molar-refractivity contribution in [2.75, 3.05) is 14.2 Å². The summed E-state index contributed by atoms with van der Waals surface area (Å²) >= 11 is 6.26. The van der Waals surface area contributed by atoms with Crippen LogP contribution in [0, 0.1) is 0 Å². The van der Waals surface area contributed by atoms with Gasteiger partial charge < -0.3 is 14.8 Å². The Morgan fingerprint density at radius 3 is 2.32 bits per heavy atom. The van der Waals surface area contributed by atoms with Crippen molar-refractivity contribution >= 4 is 23.5 Å². The van der Waals surface area contributed by atoms with Crippen LogP contribution in [-0.2, 0) is 14.3 Å². The minimum atomic E-state index is -1.07. The molecule has 6 heteroatoms. The van der Waals surface area contributed by atoms with Crippen molar-refractivity contribution in [3.63, 3.8) is 0 Å². The number of carbonyl (C=O) groups is 2. The summed E-state index contributed by atoms with van der Waals surface area (Å²) in [6, 6.07) is 7.01. The summed E-state index contributed by atoms with van der Waals surface area (Å²) < 4.78 is 10.0. The number of hydrogen-bond acceptors (Lipinski definition) is 4. The molecule has 0 heterocycles.